The molecule has 2 N–H and O–H groups in total. The summed E-state index contributed by atoms with van der Waals surface area (Å²) in [4.78, 5) is 8.32. The summed E-state index contributed by atoms with van der Waals surface area (Å²) in [5.41, 5.74) is 9.25. The molecule has 0 saturated heterocycles. The maximum absolute atomic E-state index is 6.14. The van der Waals surface area contributed by atoms with Gasteiger partial charge in [-0.1, -0.05) is 17.7 Å². The molecule has 3 rings (SSSR count). The molecule has 20 heavy (non-hydrogen) atoms. The van der Waals surface area contributed by atoms with Gasteiger partial charge in [0.1, 0.15) is 0 Å². The third-order valence-electron chi connectivity index (χ3n) is 2.96. The molecule has 0 spiro atoms. The number of halogens is 2. The highest BCUT2D eigenvalue weighted by molar-refractivity contribution is 9.10. The molecule has 0 aliphatic carbocycles. The number of nitrogens with two attached hydrogens (primary N) is 1. The van der Waals surface area contributed by atoms with Gasteiger partial charge in [0.25, 0.3) is 0 Å². The number of benzene rings is 1. The minimum Gasteiger partial charge on any atom is -0.398 e. The molecule has 0 radical (unpaired) electrons. The van der Waals surface area contributed by atoms with Crippen LogP contribution in [0.3, 0.4) is 0 Å². The Hall–Kier alpha value is -1.85. The van der Waals surface area contributed by atoms with E-state index in [2.05, 4.69) is 25.9 Å². The zero-order valence-corrected chi connectivity index (χ0v) is 12.6. The number of hydrogen-bond donors (Lipinski definition) is 1. The van der Waals surface area contributed by atoms with Crippen molar-refractivity contribution in [3.63, 3.8) is 0 Å². The summed E-state index contributed by atoms with van der Waals surface area (Å²) >= 11 is 9.64. The molecule has 2 heterocycles. The lowest BCUT2D eigenvalue weighted by molar-refractivity contribution is 1.05. The number of pyridine rings is 1. The van der Waals surface area contributed by atoms with Gasteiger partial charge in [-0.25, -0.2) is 4.98 Å². The largest absolute Gasteiger partial charge is 0.398 e. The average molecular weight is 350 g/mol. The second-order valence-corrected chi connectivity index (χ2v) is 5.38. The van der Waals surface area contributed by atoms with Crippen LogP contribution in [0.2, 0.25) is 5.02 Å². The summed E-state index contributed by atoms with van der Waals surface area (Å²) in [7, 11) is 0. The first kappa shape index (κ1) is 13.1. The summed E-state index contributed by atoms with van der Waals surface area (Å²) in [6, 6.07) is 7.43. The Morgan fingerprint density at radius 1 is 1.15 bits per heavy atom. The van der Waals surface area contributed by atoms with Crippen LogP contribution in [0.5, 0.6) is 0 Å². The van der Waals surface area contributed by atoms with Gasteiger partial charge >= 0.3 is 0 Å². The Bertz CT molecular complexity index is 769. The molecule has 6 heteroatoms. The monoisotopic (exact) mass is 348 g/mol. The highest BCUT2D eigenvalue weighted by Gasteiger charge is 2.13. The maximum atomic E-state index is 6.14. The minimum absolute atomic E-state index is 0.640. The Kier molecular flexibility index (Phi) is 3.46. The van der Waals surface area contributed by atoms with Gasteiger partial charge in [-0.15, -0.1) is 0 Å². The molecule has 3 aromatic rings. The van der Waals surface area contributed by atoms with Crippen LogP contribution >= 0.6 is 27.5 Å². The van der Waals surface area contributed by atoms with Gasteiger partial charge in [-0.05, 0) is 34.1 Å². The average Bonchev–Trinajstić information content (AvgIpc) is 2.91. The predicted octanol–water partition coefficient (Wildman–Crippen LogP) is 3.93. The Morgan fingerprint density at radius 2 is 2.00 bits per heavy atom. The predicted molar refractivity (Wildman–Crippen MR) is 83.9 cm³/mol. The first-order valence-electron chi connectivity index (χ1n) is 5.85. The second kappa shape index (κ2) is 5.26. The van der Waals surface area contributed by atoms with Gasteiger partial charge in [-0.2, -0.15) is 0 Å². The lowest BCUT2D eigenvalue weighted by atomic mass is 10.2. The van der Waals surface area contributed by atoms with E-state index < -0.39 is 0 Å². The van der Waals surface area contributed by atoms with E-state index in [1.807, 2.05) is 22.8 Å². The number of nitrogen functional groups attached to an aromatic ring is 1. The number of rotatable bonds is 2. The molecule has 0 atom stereocenters. The summed E-state index contributed by atoms with van der Waals surface area (Å²) in [6.45, 7) is 0. The van der Waals surface area contributed by atoms with Crippen molar-refractivity contribution in [2.45, 2.75) is 0 Å². The topological polar surface area (TPSA) is 56.7 Å². The molecule has 0 unspecified atom stereocenters. The minimum atomic E-state index is 0.640. The summed E-state index contributed by atoms with van der Waals surface area (Å²) < 4.78 is 2.73. The van der Waals surface area contributed by atoms with Crippen molar-refractivity contribution in [3.05, 3.63) is 58.7 Å². The van der Waals surface area contributed by atoms with E-state index in [0.29, 0.717) is 10.7 Å². The maximum Gasteiger partial charge on any atom is 0.0997 e. The molecule has 0 amide bonds. The lowest BCUT2D eigenvalue weighted by Crippen LogP contribution is -1.99. The van der Waals surface area contributed by atoms with Gasteiger partial charge in [-0.3, -0.25) is 9.55 Å². The summed E-state index contributed by atoms with van der Waals surface area (Å²) in [6.07, 6.45) is 6.86. The molecule has 0 aliphatic heterocycles. The van der Waals surface area contributed by atoms with Crippen molar-refractivity contribution in [2.75, 3.05) is 5.73 Å². The highest BCUT2D eigenvalue weighted by Crippen LogP contribution is 2.33. The summed E-state index contributed by atoms with van der Waals surface area (Å²) in [5.74, 6) is 0. The van der Waals surface area contributed by atoms with Gasteiger partial charge in [0, 0.05) is 23.6 Å². The summed E-state index contributed by atoms with van der Waals surface area (Å²) in [5, 5.41) is 0.640. The molecule has 100 valence electrons. The van der Waals surface area contributed by atoms with Crippen LogP contribution in [0.25, 0.3) is 16.9 Å². The van der Waals surface area contributed by atoms with Crippen LogP contribution in [0, 0.1) is 0 Å². The molecule has 1 aromatic carbocycles. The fourth-order valence-corrected chi connectivity index (χ4v) is 2.61. The zero-order valence-electron chi connectivity index (χ0n) is 10.3. The number of anilines is 1. The lowest BCUT2D eigenvalue weighted by Gasteiger charge is -2.12. The molecule has 0 fully saturated rings. The number of nitrogens with zero attached hydrogens (tertiary/aromatic N) is 3. The molecular formula is C14H10BrClN4. The van der Waals surface area contributed by atoms with E-state index in [1.54, 1.807) is 31.0 Å². The van der Waals surface area contributed by atoms with Crippen LogP contribution in [0.4, 0.5) is 5.69 Å². The third kappa shape index (κ3) is 2.19. The molecule has 0 aliphatic rings. The van der Waals surface area contributed by atoms with Crippen LogP contribution in [0.1, 0.15) is 0 Å². The van der Waals surface area contributed by atoms with E-state index in [4.69, 9.17) is 17.3 Å². The Balaban J connectivity index is 2.21. The van der Waals surface area contributed by atoms with Crippen molar-refractivity contribution in [3.8, 4) is 16.9 Å². The first-order chi connectivity index (χ1) is 9.68. The Morgan fingerprint density at radius 3 is 2.80 bits per heavy atom. The van der Waals surface area contributed by atoms with Crippen molar-refractivity contribution in [1.29, 1.82) is 0 Å². The van der Waals surface area contributed by atoms with Crippen LogP contribution in [0.15, 0.2) is 53.7 Å². The molecule has 0 saturated carbocycles. The molecule has 4 nitrogen and oxygen atoms in total. The third-order valence-corrected chi connectivity index (χ3v) is 4.34. The quantitative estimate of drug-likeness (QED) is 0.762. The molecule has 0 bridgehead atoms. The van der Waals surface area contributed by atoms with Gasteiger partial charge in [0.2, 0.25) is 0 Å². The standard InChI is InChI=1S/C14H10BrClN4/c15-14-10(16)2-1-3-12(14)20-8-19-7-13(20)9-6-18-5-4-11(9)17/h1-8H,(H2,17,18). The van der Waals surface area contributed by atoms with E-state index in [-0.39, 0.29) is 0 Å². The number of imidazole rings is 1. The van der Waals surface area contributed by atoms with Crippen molar-refractivity contribution >= 4 is 33.2 Å². The second-order valence-electron chi connectivity index (χ2n) is 4.18. The van der Waals surface area contributed by atoms with Crippen LogP contribution in [-0.2, 0) is 0 Å². The molecule has 2 aromatic heterocycles. The highest BCUT2D eigenvalue weighted by atomic mass is 79.9. The zero-order chi connectivity index (χ0) is 14.1. The fraction of sp³-hybridized carbons (Fsp3) is 0. The van der Waals surface area contributed by atoms with Crippen LogP contribution < -0.4 is 5.73 Å². The van der Waals surface area contributed by atoms with Crippen molar-refractivity contribution < 1.29 is 0 Å². The number of hydrogen-bond acceptors (Lipinski definition) is 3. The Labute approximate surface area is 129 Å². The van der Waals surface area contributed by atoms with Crippen molar-refractivity contribution in [1.82, 2.24) is 14.5 Å². The van der Waals surface area contributed by atoms with E-state index in [0.717, 1.165) is 21.4 Å². The van der Waals surface area contributed by atoms with Gasteiger partial charge in [0.05, 0.1) is 33.4 Å². The number of aromatic nitrogens is 3. The van der Waals surface area contributed by atoms with Gasteiger partial charge < -0.3 is 5.73 Å². The van der Waals surface area contributed by atoms with E-state index in [9.17, 15) is 0 Å². The van der Waals surface area contributed by atoms with E-state index >= 15 is 0 Å². The van der Waals surface area contributed by atoms with E-state index in [1.165, 1.54) is 0 Å². The SMILES string of the molecule is Nc1ccncc1-c1cncn1-c1cccc(Cl)c1Br. The molecular weight excluding hydrogens is 340 g/mol. The smallest absolute Gasteiger partial charge is 0.0997 e. The van der Waals surface area contributed by atoms with Crippen LogP contribution in [-0.4, -0.2) is 14.5 Å². The van der Waals surface area contributed by atoms with Crippen molar-refractivity contribution in [2.24, 2.45) is 0 Å². The van der Waals surface area contributed by atoms with Gasteiger partial charge in [0.15, 0.2) is 0 Å². The normalized spacial score (nSPS) is 10.7. The first-order valence-corrected chi connectivity index (χ1v) is 7.02. The fourth-order valence-electron chi connectivity index (χ4n) is 1.98.